The molecular weight excluding hydrogens is 615 g/mol. The molecule has 0 atom stereocenters. The van der Waals surface area contributed by atoms with Crippen molar-refractivity contribution in [1.82, 2.24) is 15.0 Å². The predicted octanol–water partition coefficient (Wildman–Crippen LogP) is 12.0. The van der Waals surface area contributed by atoms with Crippen LogP contribution in [0.15, 0.2) is 173 Å². The van der Waals surface area contributed by atoms with E-state index >= 15 is 0 Å². The Labute approximate surface area is 287 Å². The maximum Gasteiger partial charge on any atom is 0.164 e. The second kappa shape index (κ2) is 11.4. The summed E-state index contributed by atoms with van der Waals surface area (Å²) >= 11 is 0. The largest absolute Gasteiger partial charge is 0.456 e. The van der Waals surface area contributed by atoms with E-state index in [0.717, 1.165) is 82.8 Å². The highest BCUT2D eigenvalue weighted by molar-refractivity contribution is 6.13. The molecule has 0 aliphatic heterocycles. The highest BCUT2D eigenvalue weighted by atomic mass is 16.3. The Hall–Kier alpha value is -6.85. The van der Waals surface area contributed by atoms with Crippen molar-refractivity contribution < 1.29 is 8.83 Å². The minimum atomic E-state index is 0.562. The molecule has 5 nitrogen and oxygen atoms in total. The Morgan fingerprint density at radius 1 is 0.300 bits per heavy atom. The zero-order valence-electron chi connectivity index (χ0n) is 26.7. The molecule has 0 bridgehead atoms. The first-order valence-corrected chi connectivity index (χ1v) is 16.6. The van der Waals surface area contributed by atoms with E-state index in [0.29, 0.717) is 17.5 Å². The lowest BCUT2D eigenvalue weighted by Gasteiger charge is -2.09. The van der Waals surface area contributed by atoms with Gasteiger partial charge in [-0.25, -0.2) is 15.0 Å². The summed E-state index contributed by atoms with van der Waals surface area (Å²) in [6.45, 7) is 0. The predicted molar refractivity (Wildman–Crippen MR) is 202 cm³/mol. The summed E-state index contributed by atoms with van der Waals surface area (Å²) in [7, 11) is 0. The number of benzene rings is 7. The van der Waals surface area contributed by atoms with Gasteiger partial charge in [-0.1, -0.05) is 127 Å². The highest BCUT2D eigenvalue weighted by Gasteiger charge is 2.17. The van der Waals surface area contributed by atoms with Crippen LogP contribution in [0.2, 0.25) is 0 Å². The molecule has 0 amide bonds. The summed E-state index contributed by atoms with van der Waals surface area (Å²) in [5.74, 6) is 1.72. The van der Waals surface area contributed by atoms with Crippen molar-refractivity contribution in [3.63, 3.8) is 0 Å². The van der Waals surface area contributed by atoms with E-state index in [-0.39, 0.29) is 0 Å². The quantitative estimate of drug-likeness (QED) is 0.187. The Balaban J connectivity index is 1.13. The molecule has 0 aliphatic rings. The van der Waals surface area contributed by atoms with E-state index in [1.165, 1.54) is 0 Å². The monoisotopic (exact) mass is 641 g/mol. The van der Waals surface area contributed by atoms with Gasteiger partial charge in [0.05, 0.1) is 0 Å². The first-order chi connectivity index (χ1) is 24.7. The van der Waals surface area contributed by atoms with Crippen LogP contribution in [0.5, 0.6) is 0 Å². The van der Waals surface area contributed by atoms with Gasteiger partial charge in [-0.2, -0.15) is 0 Å². The van der Waals surface area contributed by atoms with Gasteiger partial charge < -0.3 is 8.83 Å². The Morgan fingerprint density at radius 3 is 1.50 bits per heavy atom. The molecule has 10 rings (SSSR count). The van der Waals surface area contributed by atoms with Crippen LogP contribution in [0.25, 0.3) is 100 Å². The molecule has 234 valence electrons. The second-order valence-electron chi connectivity index (χ2n) is 12.4. The average molecular weight is 642 g/mol. The fraction of sp³-hybridized carbons (Fsp3) is 0. The molecule has 0 aliphatic carbocycles. The van der Waals surface area contributed by atoms with Crippen molar-refractivity contribution in [1.29, 1.82) is 0 Å². The molecule has 0 saturated carbocycles. The number of fused-ring (bicyclic) bond motifs is 6. The molecule has 5 heteroatoms. The maximum absolute atomic E-state index is 6.46. The molecular formula is C45H27N3O2. The van der Waals surface area contributed by atoms with E-state index < -0.39 is 0 Å². The van der Waals surface area contributed by atoms with Crippen molar-refractivity contribution in [3.8, 4) is 56.4 Å². The van der Waals surface area contributed by atoms with Gasteiger partial charge in [0.2, 0.25) is 0 Å². The maximum atomic E-state index is 6.46. The summed E-state index contributed by atoms with van der Waals surface area (Å²) in [5, 5.41) is 4.28. The smallest absolute Gasteiger partial charge is 0.164 e. The average Bonchev–Trinajstić information content (AvgIpc) is 3.76. The lowest BCUT2D eigenvalue weighted by molar-refractivity contribution is 0.668. The first-order valence-electron chi connectivity index (χ1n) is 16.6. The fourth-order valence-electron chi connectivity index (χ4n) is 6.89. The van der Waals surface area contributed by atoms with E-state index in [9.17, 15) is 0 Å². The first kappa shape index (κ1) is 28.2. The molecule has 3 aromatic heterocycles. The van der Waals surface area contributed by atoms with E-state index in [1.807, 2.05) is 66.7 Å². The van der Waals surface area contributed by atoms with Crippen LogP contribution in [0.1, 0.15) is 0 Å². The third-order valence-corrected chi connectivity index (χ3v) is 9.36. The van der Waals surface area contributed by atoms with Crippen molar-refractivity contribution >= 4 is 43.9 Å². The number of rotatable bonds is 5. The van der Waals surface area contributed by atoms with Crippen molar-refractivity contribution in [3.05, 3.63) is 164 Å². The van der Waals surface area contributed by atoms with E-state index in [4.69, 9.17) is 23.8 Å². The third-order valence-electron chi connectivity index (χ3n) is 9.36. The SMILES string of the molecule is c1ccc(-c2ccc(-c3nc(-c4ccc5c(c4)oc4ccccc45)nc(-c4ccc5c(c4)oc4cccc(-c6ccccc6)c45)n3)cc2)cc1. The topological polar surface area (TPSA) is 65.0 Å². The van der Waals surface area contributed by atoms with Gasteiger partial charge in [-0.15, -0.1) is 0 Å². The Morgan fingerprint density at radius 2 is 0.780 bits per heavy atom. The van der Waals surface area contributed by atoms with Gasteiger partial charge in [-0.05, 0) is 58.7 Å². The molecule has 0 N–H and O–H groups in total. The third kappa shape index (κ3) is 4.75. The number of hydrogen-bond acceptors (Lipinski definition) is 5. The van der Waals surface area contributed by atoms with Gasteiger partial charge in [0.15, 0.2) is 17.5 Å². The van der Waals surface area contributed by atoms with Gasteiger partial charge in [-0.3, -0.25) is 0 Å². The Kier molecular flexibility index (Phi) is 6.42. The number of para-hydroxylation sites is 1. The zero-order chi connectivity index (χ0) is 33.0. The van der Waals surface area contributed by atoms with Crippen LogP contribution in [-0.4, -0.2) is 15.0 Å². The van der Waals surface area contributed by atoms with Crippen molar-refractivity contribution in [2.45, 2.75) is 0 Å². The molecule has 0 spiro atoms. The van der Waals surface area contributed by atoms with Crippen LogP contribution in [0, 0.1) is 0 Å². The number of aromatic nitrogens is 3. The molecule has 0 fully saturated rings. The number of hydrogen-bond donors (Lipinski definition) is 0. The van der Waals surface area contributed by atoms with Gasteiger partial charge in [0.25, 0.3) is 0 Å². The molecule has 3 heterocycles. The summed E-state index contributed by atoms with van der Waals surface area (Å²) < 4.78 is 12.7. The molecule has 0 saturated heterocycles. The molecule has 10 aromatic rings. The van der Waals surface area contributed by atoms with E-state index in [2.05, 4.69) is 97.1 Å². The standard InChI is InChI=1S/C45H27N3O2/c1-3-10-28(11-4-1)29-18-20-31(21-19-29)43-46-44(32-22-24-36-35-14-7-8-16-38(35)49-40(36)26-32)48-45(47-43)33-23-25-37-41(27-33)50-39-17-9-15-34(42(37)39)30-12-5-2-6-13-30/h1-27H. The van der Waals surface area contributed by atoms with Crippen LogP contribution in [0.3, 0.4) is 0 Å². The van der Waals surface area contributed by atoms with E-state index in [1.54, 1.807) is 0 Å². The van der Waals surface area contributed by atoms with Gasteiger partial charge >= 0.3 is 0 Å². The van der Waals surface area contributed by atoms with Crippen LogP contribution in [-0.2, 0) is 0 Å². The van der Waals surface area contributed by atoms with Crippen molar-refractivity contribution in [2.24, 2.45) is 0 Å². The Bertz CT molecular complexity index is 2850. The minimum absolute atomic E-state index is 0.562. The molecule has 50 heavy (non-hydrogen) atoms. The molecule has 7 aromatic carbocycles. The number of nitrogens with zero attached hydrogens (tertiary/aromatic N) is 3. The lowest BCUT2D eigenvalue weighted by atomic mass is 9.99. The fourth-order valence-corrected chi connectivity index (χ4v) is 6.89. The van der Waals surface area contributed by atoms with Gasteiger partial charge in [0, 0.05) is 38.2 Å². The number of furan rings is 2. The van der Waals surface area contributed by atoms with Crippen LogP contribution < -0.4 is 0 Å². The van der Waals surface area contributed by atoms with Gasteiger partial charge in [0.1, 0.15) is 22.3 Å². The van der Waals surface area contributed by atoms with Crippen LogP contribution in [0.4, 0.5) is 0 Å². The van der Waals surface area contributed by atoms with Crippen LogP contribution >= 0.6 is 0 Å². The minimum Gasteiger partial charge on any atom is -0.456 e. The zero-order valence-corrected chi connectivity index (χ0v) is 26.7. The van der Waals surface area contributed by atoms with Crippen molar-refractivity contribution in [2.75, 3.05) is 0 Å². The summed E-state index contributed by atoms with van der Waals surface area (Å²) in [6.07, 6.45) is 0. The summed E-state index contributed by atoms with van der Waals surface area (Å²) in [6, 6.07) is 55.8. The second-order valence-corrected chi connectivity index (χ2v) is 12.4. The highest BCUT2D eigenvalue weighted by Crippen LogP contribution is 2.38. The lowest BCUT2D eigenvalue weighted by Crippen LogP contribution is -2.00. The summed E-state index contributed by atoms with van der Waals surface area (Å²) in [5.41, 5.74) is 10.4. The molecule has 0 radical (unpaired) electrons. The summed E-state index contributed by atoms with van der Waals surface area (Å²) in [4.78, 5) is 15.1. The molecule has 0 unspecified atom stereocenters. The normalized spacial score (nSPS) is 11.6.